The molecule has 6 heteroatoms. The summed E-state index contributed by atoms with van der Waals surface area (Å²) in [7, 11) is 0. The number of imidazole rings is 1. The van der Waals surface area contributed by atoms with E-state index in [4.69, 9.17) is 12.2 Å². The highest BCUT2D eigenvalue weighted by atomic mass is 32.1. The second kappa shape index (κ2) is 5.33. The summed E-state index contributed by atoms with van der Waals surface area (Å²) in [5.41, 5.74) is 3.29. The molecule has 1 saturated heterocycles. The van der Waals surface area contributed by atoms with Gasteiger partial charge in [-0.25, -0.2) is 4.68 Å². The number of H-pyrrole nitrogens is 1. The van der Waals surface area contributed by atoms with Crippen molar-refractivity contribution in [2.45, 2.75) is 40.3 Å². The van der Waals surface area contributed by atoms with Gasteiger partial charge in [0.05, 0.1) is 5.69 Å². The Hall–Kier alpha value is -1.14. The third kappa shape index (κ3) is 2.20. The van der Waals surface area contributed by atoms with Gasteiger partial charge >= 0.3 is 0 Å². The first-order chi connectivity index (χ1) is 9.63. The molecule has 1 aliphatic rings. The number of aryl methyl sites for hydroxylation is 2. The van der Waals surface area contributed by atoms with E-state index in [1.807, 2.05) is 6.92 Å². The predicted molar refractivity (Wildman–Crippen MR) is 83.5 cm³/mol. The fraction of sp³-hybridized carbons (Fsp3) is 0.714. The maximum atomic E-state index is 5.52. The molecule has 1 N–H and O–H groups in total. The molecule has 1 aliphatic heterocycles. The molecule has 0 radical (unpaired) electrons. The Kier molecular flexibility index (Phi) is 3.69. The van der Waals surface area contributed by atoms with Crippen molar-refractivity contribution in [3.63, 3.8) is 0 Å². The highest BCUT2D eigenvalue weighted by molar-refractivity contribution is 7.71. The Morgan fingerprint density at radius 3 is 2.80 bits per heavy atom. The lowest BCUT2D eigenvalue weighted by atomic mass is 10.1. The van der Waals surface area contributed by atoms with Crippen LogP contribution in [0.1, 0.15) is 26.0 Å². The van der Waals surface area contributed by atoms with Gasteiger partial charge in [-0.1, -0.05) is 6.92 Å². The average Bonchev–Trinajstić information content (AvgIpc) is 3.09. The molecule has 1 atom stereocenters. The van der Waals surface area contributed by atoms with E-state index in [0.29, 0.717) is 5.92 Å². The van der Waals surface area contributed by atoms with Crippen LogP contribution in [0.15, 0.2) is 0 Å². The van der Waals surface area contributed by atoms with E-state index in [0.717, 1.165) is 41.3 Å². The van der Waals surface area contributed by atoms with Gasteiger partial charge in [0.25, 0.3) is 0 Å². The Morgan fingerprint density at radius 1 is 1.35 bits per heavy atom. The molecule has 0 aromatic carbocycles. The zero-order valence-corrected chi connectivity index (χ0v) is 13.3. The summed E-state index contributed by atoms with van der Waals surface area (Å²) in [5.74, 6) is 0.696. The van der Waals surface area contributed by atoms with Crippen molar-refractivity contribution in [1.82, 2.24) is 24.2 Å². The monoisotopic (exact) mass is 293 g/mol. The Bertz CT molecular complexity index is 665. The second-order valence-electron chi connectivity index (χ2n) is 5.69. The smallest absolute Gasteiger partial charge is 0.179 e. The zero-order chi connectivity index (χ0) is 14.3. The Morgan fingerprint density at radius 2 is 2.15 bits per heavy atom. The molecule has 1 fully saturated rings. The average molecular weight is 293 g/mol. The molecule has 20 heavy (non-hydrogen) atoms. The van der Waals surface area contributed by atoms with E-state index in [2.05, 4.69) is 38.1 Å². The van der Waals surface area contributed by atoms with Crippen LogP contribution >= 0.6 is 12.2 Å². The standard InChI is InChI=1S/C14H23N5S/c1-4-17-7-6-11(8-17)9-18-13-12(15-14(18)20)10(3)16-19(13)5-2/h11H,4-9H2,1-3H3,(H,15,20). The van der Waals surface area contributed by atoms with Crippen LogP contribution in [-0.4, -0.2) is 43.9 Å². The van der Waals surface area contributed by atoms with Gasteiger partial charge < -0.3 is 14.5 Å². The number of fused-ring (bicyclic) bond motifs is 1. The molecule has 0 amide bonds. The number of hydrogen-bond acceptors (Lipinski definition) is 3. The van der Waals surface area contributed by atoms with Gasteiger partial charge in [-0.15, -0.1) is 0 Å². The highest BCUT2D eigenvalue weighted by Gasteiger charge is 2.23. The molecule has 3 rings (SSSR count). The SMILES string of the molecule is CCN1CCC(Cn2c(=S)[nH]c3c(C)nn(CC)c32)C1. The fourth-order valence-electron chi connectivity index (χ4n) is 3.26. The van der Waals surface area contributed by atoms with Crippen LogP contribution in [0.4, 0.5) is 0 Å². The third-order valence-corrected chi connectivity index (χ3v) is 4.71. The van der Waals surface area contributed by atoms with Crippen LogP contribution in [0.2, 0.25) is 0 Å². The van der Waals surface area contributed by atoms with Crippen LogP contribution < -0.4 is 0 Å². The summed E-state index contributed by atoms with van der Waals surface area (Å²) >= 11 is 5.52. The van der Waals surface area contributed by atoms with Crippen LogP contribution in [0.5, 0.6) is 0 Å². The topological polar surface area (TPSA) is 41.8 Å². The van der Waals surface area contributed by atoms with Crippen molar-refractivity contribution in [1.29, 1.82) is 0 Å². The van der Waals surface area contributed by atoms with E-state index in [1.165, 1.54) is 19.5 Å². The Labute approximate surface area is 124 Å². The van der Waals surface area contributed by atoms with Crippen molar-refractivity contribution < 1.29 is 0 Å². The first-order valence-electron chi connectivity index (χ1n) is 7.52. The first kappa shape index (κ1) is 13.8. The van der Waals surface area contributed by atoms with Crippen LogP contribution in [0.25, 0.3) is 11.2 Å². The van der Waals surface area contributed by atoms with Gasteiger partial charge in [0.1, 0.15) is 5.52 Å². The van der Waals surface area contributed by atoms with Crippen molar-refractivity contribution in [2.75, 3.05) is 19.6 Å². The summed E-state index contributed by atoms with van der Waals surface area (Å²) < 4.78 is 5.14. The van der Waals surface area contributed by atoms with Gasteiger partial charge in [0.15, 0.2) is 10.4 Å². The largest absolute Gasteiger partial charge is 0.328 e. The first-order valence-corrected chi connectivity index (χ1v) is 7.93. The number of nitrogens with zero attached hydrogens (tertiary/aromatic N) is 4. The van der Waals surface area contributed by atoms with Crippen LogP contribution in [-0.2, 0) is 13.1 Å². The summed E-state index contributed by atoms with van der Waals surface area (Å²) in [6.07, 6.45) is 1.27. The maximum Gasteiger partial charge on any atom is 0.179 e. The summed E-state index contributed by atoms with van der Waals surface area (Å²) in [6, 6.07) is 0. The summed E-state index contributed by atoms with van der Waals surface area (Å²) in [6.45, 7) is 11.8. The van der Waals surface area contributed by atoms with E-state index < -0.39 is 0 Å². The summed E-state index contributed by atoms with van der Waals surface area (Å²) in [5, 5.41) is 4.58. The van der Waals surface area contributed by atoms with Crippen LogP contribution in [0.3, 0.4) is 0 Å². The van der Waals surface area contributed by atoms with Crippen LogP contribution in [0, 0.1) is 17.6 Å². The minimum atomic E-state index is 0.696. The molecule has 5 nitrogen and oxygen atoms in total. The second-order valence-corrected chi connectivity index (χ2v) is 6.08. The van der Waals surface area contributed by atoms with Crippen molar-refractivity contribution in [2.24, 2.45) is 5.92 Å². The maximum absolute atomic E-state index is 5.52. The molecule has 3 heterocycles. The minimum Gasteiger partial charge on any atom is -0.328 e. The number of rotatable bonds is 4. The molecule has 2 aromatic rings. The normalized spacial score (nSPS) is 20.2. The van der Waals surface area contributed by atoms with Gasteiger partial charge in [-0.3, -0.25) is 0 Å². The lowest BCUT2D eigenvalue weighted by Gasteiger charge is -2.14. The molecule has 0 spiro atoms. The predicted octanol–water partition coefficient (Wildman–Crippen LogP) is 2.57. The molecule has 0 aliphatic carbocycles. The van der Waals surface area contributed by atoms with E-state index in [1.54, 1.807) is 0 Å². The molecule has 110 valence electrons. The third-order valence-electron chi connectivity index (χ3n) is 4.39. The quantitative estimate of drug-likeness (QED) is 0.881. The minimum absolute atomic E-state index is 0.696. The lowest BCUT2D eigenvalue weighted by Crippen LogP contribution is -2.21. The van der Waals surface area contributed by atoms with E-state index in [9.17, 15) is 0 Å². The Balaban J connectivity index is 1.95. The van der Waals surface area contributed by atoms with Gasteiger partial charge in [-0.2, -0.15) is 5.10 Å². The van der Waals surface area contributed by atoms with Crippen molar-refractivity contribution in [3.8, 4) is 0 Å². The van der Waals surface area contributed by atoms with Gasteiger partial charge in [0, 0.05) is 19.6 Å². The summed E-state index contributed by atoms with van der Waals surface area (Å²) in [4.78, 5) is 5.84. The molecular weight excluding hydrogens is 270 g/mol. The number of nitrogens with one attached hydrogen (secondary N) is 1. The number of hydrogen-bond donors (Lipinski definition) is 1. The number of likely N-dealkylation sites (tertiary alicyclic amines) is 1. The van der Waals surface area contributed by atoms with E-state index in [-0.39, 0.29) is 0 Å². The number of aromatic amines is 1. The fourth-order valence-corrected chi connectivity index (χ4v) is 3.52. The highest BCUT2D eigenvalue weighted by Crippen LogP contribution is 2.23. The molecular formula is C14H23N5S. The lowest BCUT2D eigenvalue weighted by molar-refractivity contribution is 0.332. The van der Waals surface area contributed by atoms with Gasteiger partial charge in [-0.05, 0) is 51.5 Å². The number of aromatic nitrogens is 4. The molecule has 1 unspecified atom stereocenters. The van der Waals surface area contributed by atoms with Crippen molar-refractivity contribution in [3.05, 3.63) is 10.5 Å². The molecule has 2 aromatic heterocycles. The van der Waals surface area contributed by atoms with Gasteiger partial charge in [0.2, 0.25) is 0 Å². The zero-order valence-electron chi connectivity index (χ0n) is 12.5. The van der Waals surface area contributed by atoms with Crippen molar-refractivity contribution >= 4 is 23.4 Å². The molecule has 0 bridgehead atoms. The van der Waals surface area contributed by atoms with E-state index >= 15 is 0 Å². The molecule has 0 saturated carbocycles.